The van der Waals surface area contributed by atoms with Crippen molar-refractivity contribution >= 4 is 50.7 Å². The highest BCUT2D eigenvalue weighted by molar-refractivity contribution is 9.10. The standard InChI is InChI=1S/C22H18BrClN4O/c1-28-20-5-3-2-4-19(20)26-22(28)27-25-13-16-8-11-21(18(23)12-16)29-14-15-6-9-17(24)10-7-15/h2-13H,14H2,1H3,(H,26,27)/b25-13-. The molecule has 29 heavy (non-hydrogen) atoms. The number of rotatable bonds is 6. The Labute approximate surface area is 182 Å². The first-order valence-corrected chi connectivity index (χ1v) is 10.1. The Morgan fingerprint density at radius 3 is 2.69 bits per heavy atom. The molecule has 0 radical (unpaired) electrons. The zero-order valence-corrected chi connectivity index (χ0v) is 18.0. The van der Waals surface area contributed by atoms with Crippen molar-refractivity contribution in [2.24, 2.45) is 12.1 Å². The summed E-state index contributed by atoms with van der Waals surface area (Å²) in [5.74, 6) is 1.45. The van der Waals surface area contributed by atoms with Crippen molar-refractivity contribution < 1.29 is 4.74 Å². The number of imidazole rings is 1. The Morgan fingerprint density at radius 2 is 1.93 bits per heavy atom. The molecule has 0 amide bonds. The SMILES string of the molecule is Cn1c(N/N=C\c2ccc(OCc3ccc(Cl)cc3)c(Br)c2)nc2ccccc21. The minimum Gasteiger partial charge on any atom is -0.488 e. The number of nitrogens with zero attached hydrogens (tertiary/aromatic N) is 3. The third-order valence-corrected chi connectivity index (χ3v) is 5.30. The van der Waals surface area contributed by atoms with Crippen LogP contribution in [-0.4, -0.2) is 15.8 Å². The smallest absolute Gasteiger partial charge is 0.224 e. The second-order valence-electron chi connectivity index (χ2n) is 6.46. The van der Waals surface area contributed by atoms with Crippen LogP contribution in [0.15, 0.2) is 76.3 Å². The molecule has 0 atom stereocenters. The summed E-state index contributed by atoms with van der Waals surface area (Å²) in [4.78, 5) is 4.53. The van der Waals surface area contributed by atoms with E-state index < -0.39 is 0 Å². The predicted octanol–water partition coefficient (Wildman–Crippen LogP) is 6.01. The van der Waals surface area contributed by atoms with Gasteiger partial charge in [0.15, 0.2) is 0 Å². The van der Waals surface area contributed by atoms with Crippen LogP contribution in [0.1, 0.15) is 11.1 Å². The van der Waals surface area contributed by atoms with E-state index >= 15 is 0 Å². The average molecular weight is 470 g/mol. The van der Waals surface area contributed by atoms with Crippen LogP contribution >= 0.6 is 27.5 Å². The largest absolute Gasteiger partial charge is 0.488 e. The van der Waals surface area contributed by atoms with Gasteiger partial charge in [-0.15, -0.1) is 0 Å². The summed E-state index contributed by atoms with van der Waals surface area (Å²) in [7, 11) is 1.95. The second kappa shape index (κ2) is 8.68. The Morgan fingerprint density at radius 1 is 1.14 bits per heavy atom. The zero-order chi connectivity index (χ0) is 20.2. The monoisotopic (exact) mass is 468 g/mol. The molecule has 0 aliphatic rings. The van der Waals surface area contributed by atoms with Gasteiger partial charge in [-0.3, -0.25) is 0 Å². The van der Waals surface area contributed by atoms with Crippen LogP contribution in [0.2, 0.25) is 5.02 Å². The van der Waals surface area contributed by atoms with E-state index in [2.05, 4.69) is 31.4 Å². The molecular weight excluding hydrogens is 452 g/mol. The lowest BCUT2D eigenvalue weighted by Gasteiger charge is -2.09. The predicted molar refractivity (Wildman–Crippen MR) is 122 cm³/mol. The van der Waals surface area contributed by atoms with E-state index in [-0.39, 0.29) is 0 Å². The van der Waals surface area contributed by atoms with Crippen LogP contribution in [0.3, 0.4) is 0 Å². The number of fused-ring (bicyclic) bond motifs is 1. The number of aromatic nitrogens is 2. The van der Waals surface area contributed by atoms with E-state index in [0.717, 1.165) is 32.4 Å². The first-order valence-electron chi connectivity index (χ1n) is 8.97. The van der Waals surface area contributed by atoms with Gasteiger partial charge in [-0.1, -0.05) is 35.9 Å². The van der Waals surface area contributed by atoms with Crippen molar-refractivity contribution in [1.82, 2.24) is 9.55 Å². The molecule has 4 rings (SSSR count). The van der Waals surface area contributed by atoms with Crippen LogP contribution < -0.4 is 10.2 Å². The Balaban J connectivity index is 1.40. The molecule has 5 nitrogen and oxygen atoms in total. The van der Waals surface area contributed by atoms with Crippen LogP contribution in [0.5, 0.6) is 5.75 Å². The first kappa shape index (κ1) is 19.5. The highest BCUT2D eigenvalue weighted by Gasteiger charge is 2.06. The maximum atomic E-state index is 5.91. The molecule has 3 aromatic carbocycles. The molecule has 1 heterocycles. The van der Waals surface area contributed by atoms with Gasteiger partial charge in [-0.2, -0.15) is 5.10 Å². The topological polar surface area (TPSA) is 51.4 Å². The van der Waals surface area contributed by atoms with Gasteiger partial charge >= 0.3 is 0 Å². The number of aryl methyl sites for hydroxylation is 1. The third-order valence-electron chi connectivity index (χ3n) is 4.43. The number of hydrogen-bond donors (Lipinski definition) is 1. The zero-order valence-electron chi connectivity index (χ0n) is 15.6. The van der Waals surface area contributed by atoms with Gasteiger partial charge in [0.05, 0.1) is 21.7 Å². The number of ether oxygens (including phenoxy) is 1. The van der Waals surface area contributed by atoms with Crippen molar-refractivity contribution in [2.45, 2.75) is 6.61 Å². The summed E-state index contributed by atoms with van der Waals surface area (Å²) in [6.45, 7) is 0.470. The number of anilines is 1. The number of hydrogen-bond acceptors (Lipinski definition) is 4. The summed E-state index contributed by atoms with van der Waals surface area (Å²) in [6.07, 6.45) is 1.74. The second-order valence-corrected chi connectivity index (χ2v) is 7.75. The Bertz CT molecular complexity index is 1170. The molecule has 1 N–H and O–H groups in total. The van der Waals surface area contributed by atoms with Crippen molar-refractivity contribution in [3.8, 4) is 5.75 Å². The molecule has 7 heteroatoms. The number of para-hydroxylation sites is 2. The van der Waals surface area contributed by atoms with E-state index in [1.54, 1.807) is 6.21 Å². The van der Waals surface area contributed by atoms with E-state index in [4.69, 9.17) is 16.3 Å². The fraction of sp³-hybridized carbons (Fsp3) is 0.0909. The summed E-state index contributed by atoms with van der Waals surface area (Å²) >= 11 is 9.47. The molecule has 0 fully saturated rings. The summed E-state index contributed by atoms with van der Waals surface area (Å²) < 4.78 is 8.71. The molecule has 146 valence electrons. The van der Waals surface area contributed by atoms with Crippen LogP contribution in [0, 0.1) is 0 Å². The van der Waals surface area contributed by atoms with Gasteiger partial charge in [0.25, 0.3) is 0 Å². The molecule has 0 saturated carbocycles. The van der Waals surface area contributed by atoms with E-state index in [1.165, 1.54) is 0 Å². The van der Waals surface area contributed by atoms with Crippen molar-refractivity contribution in [3.63, 3.8) is 0 Å². The van der Waals surface area contributed by atoms with Gasteiger partial charge in [-0.25, -0.2) is 10.4 Å². The lowest BCUT2D eigenvalue weighted by atomic mass is 10.2. The van der Waals surface area contributed by atoms with E-state index in [9.17, 15) is 0 Å². The molecule has 0 spiro atoms. The molecule has 1 aromatic heterocycles. The molecule has 0 bridgehead atoms. The highest BCUT2D eigenvalue weighted by Crippen LogP contribution is 2.26. The normalized spacial score (nSPS) is 11.3. The van der Waals surface area contributed by atoms with E-state index in [1.807, 2.05) is 78.3 Å². The molecule has 4 aromatic rings. The summed E-state index contributed by atoms with van der Waals surface area (Å²) in [6, 6.07) is 21.4. The van der Waals surface area contributed by atoms with Gasteiger partial charge < -0.3 is 9.30 Å². The Kier molecular flexibility index (Phi) is 5.83. The molecule has 0 unspecified atom stereocenters. The van der Waals surface area contributed by atoms with Crippen LogP contribution in [-0.2, 0) is 13.7 Å². The number of hydrazone groups is 1. The van der Waals surface area contributed by atoms with E-state index in [0.29, 0.717) is 17.6 Å². The van der Waals surface area contributed by atoms with Gasteiger partial charge in [0.2, 0.25) is 5.95 Å². The lowest BCUT2D eigenvalue weighted by Crippen LogP contribution is -1.99. The highest BCUT2D eigenvalue weighted by atomic mass is 79.9. The fourth-order valence-electron chi connectivity index (χ4n) is 2.87. The van der Waals surface area contributed by atoms with Crippen LogP contribution in [0.4, 0.5) is 5.95 Å². The number of benzene rings is 3. The summed E-state index contributed by atoms with van der Waals surface area (Å²) in [5.41, 5.74) is 6.97. The Hall–Kier alpha value is -2.83. The molecule has 0 aliphatic carbocycles. The summed E-state index contributed by atoms with van der Waals surface area (Å²) in [5, 5.41) is 5.02. The van der Waals surface area contributed by atoms with Crippen molar-refractivity contribution in [3.05, 3.63) is 87.4 Å². The molecule has 0 aliphatic heterocycles. The first-order chi connectivity index (χ1) is 14.1. The minimum atomic E-state index is 0.470. The molecular formula is C22H18BrClN4O. The van der Waals surface area contributed by atoms with Gasteiger partial charge in [0.1, 0.15) is 12.4 Å². The lowest BCUT2D eigenvalue weighted by molar-refractivity contribution is 0.304. The maximum absolute atomic E-state index is 5.91. The maximum Gasteiger partial charge on any atom is 0.224 e. The number of nitrogens with one attached hydrogen (secondary N) is 1. The quantitative estimate of drug-likeness (QED) is 0.278. The van der Waals surface area contributed by atoms with Crippen molar-refractivity contribution in [1.29, 1.82) is 0 Å². The van der Waals surface area contributed by atoms with Gasteiger partial charge in [-0.05, 0) is 69.5 Å². The van der Waals surface area contributed by atoms with Gasteiger partial charge in [0, 0.05) is 12.1 Å². The minimum absolute atomic E-state index is 0.470. The molecule has 0 saturated heterocycles. The fourth-order valence-corrected chi connectivity index (χ4v) is 3.50. The number of halogens is 2. The van der Waals surface area contributed by atoms with Crippen molar-refractivity contribution in [2.75, 3.05) is 5.43 Å². The average Bonchev–Trinajstić information content (AvgIpc) is 3.05. The van der Waals surface area contributed by atoms with Crippen LogP contribution in [0.25, 0.3) is 11.0 Å². The third kappa shape index (κ3) is 4.60.